The predicted molar refractivity (Wildman–Crippen MR) is 82.5 cm³/mol. The molecule has 2 nitrogen and oxygen atoms in total. The highest BCUT2D eigenvalue weighted by molar-refractivity contribution is 5.31. The van der Waals surface area contributed by atoms with Crippen LogP contribution in [0.2, 0.25) is 0 Å². The molecule has 20 heavy (non-hydrogen) atoms. The number of hydrogen-bond acceptors (Lipinski definition) is 2. The van der Waals surface area contributed by atoms with E-state index in [4.69, 9.17) is 0 Å². The van der Waals surface area contributed by atoms with E-state index in [1.165, 1.54) is 36.8 Å². The Bertz CT molecular complexity index is 550. The second-order valence-corrected chi connectivity index (χ2v) is 5.64. The molecule has 0 fully saturated rings. The molecule has 0 saturated carbocycles. The molecule has 1 heterocycles. The molecule has 3 rings (SSSR count). The van der Waals surface area contributed by atoms with Crippen molar-refractivity contribution in [3.63, 3.8) is 0 Å². The van der Waals surface area contributed by atoms with Gasteiger partial charge in [-0.3, -0.25) is 4.98 Å². The smallest absolute Gasteiger partial charge is 0.0570 e. The molecule has 1 aromatic carbocycles. The third-order valence-corrected chi connectivity index (χ3v) is 4.20. The highest BCUT2D eigenvalue weighted by Crippen LogP contribution is 2.30. The molecular weight excluding hydrogens is 244 g/mol. The second kappa shape index (κ2) is 6.19. The molecule has 1 aromatic heterocycles. The number of benzene rings is 1. The van der Waals surface area contributed by atoms with Crippen LogP contribution in [-0.2, 0) is 6.42 Å². The van der Waals surface area contributed by atoms with Gasteiger partial charge in [0.15, 0.2) is 0 Å². The van der Waals surface area contributed by atoms with Gasteiger partial charge in [-0.1, -0.05) is 36.8 Å². The number of aromatic nitrogens is 1. The van der Waals surface area contributed by atoms with Crippen molar-refractivity contribution in [3.8, 4) is 0 Å². The molecule has 0 spiro atoms. The van der Waals surface area contributed by atoms with E-state index in [0.717, 1.165) is 5.69 Å². The van der Waals surface area contributed by atoms with Crippen LogP contribution in [0.25, 0.3) is 0 Å². The van der Waals surface area contributed by atoms with Crippen molar-refractivity contribution in [1.82, 2.24) is 10.3 Å². The summed E-state index contributed by atoms with van der Waals surface area (Å²) in [7, 11) is 0. The molecule has 0 saturated heterocycles. The summed E-state index contributed by atoms with van der Waals surface area (Å²) < 4.78 is 0. The van der Waals surface area contributed by atoms with E-state index >= 15 is 0 Å². The lowest BCUT2D eigenvalue weighted by atomic mass is 9.98. The van der Waals surface area contributed by atoms with Crippen molar-refractivity contribution in [2.75, 3.05) is 0 Å². The lowest BCUT2D eigenvalue weighted by Gasteiger charge is -2.23. The van der Waals surface area contributed by atoms with Gasteiger partial charge in [0.25, 0.3) is 0 Å². The van der Waals surface area contributed by atoms with E-state index in [-0.39, 0.29) is 6.04 Å². The van der Waals surface area contributed by atoms with E-state index in [2.05, 4.69) is 53.6 Å². The minimum absolute atomic E-state index is 0.285. The van der Waals surface area contributed by atoms with Gasteiger partial charge >= 0.3 is 0 Å². The van der Waals surface area contributed by atoms with E-state index in [1.54, 1.807) is 0 Å². The summed E-state index contributed by atoms with van der Waals surface area (Å²) >= 11 is 0. The zero-order valence-corrected chi connectivity index (χ0v) is 12.0. The number of nitrogens with one attached hydrogen (secondary N) is 1. The maximum Gasteiger partial charge on any atom is 0.0570 e. The highest BCUT2D eigenvalue weighted by atomic mass is 15.0. The Kier molecular flexibility index (Phi) is 4.12. The van der Waals surface area contributed by atoms with Gasteiger partial charge in [0.1, 0.15) is 0 Å². The summed E-state index contributed by atoms with van der Waals surface area (Å²) in [6, 6.07) is 15.7. The Balaban J connectivity index is 1.80. The Morgan fingerprint density at radius 1 is 1.10 bits per heavy atom. The molecule has 0 radical (unpaired) electrons. The van der Waals surface area contributed by atoms with Gasteiger partial charge in [0, 0.05) is 18.3 Å². The molecule has 1 unspecified atom stereocenters. The van der Waals surface area contributed by atoms with E-state index in [1.807, 2.05) is 12.3 Å². The SMILES string of the molecule is C[C@H](NC1CCCCc2ccccc21)c1ccccn1. The summed E-state index contributed by atoms with van der Waals surface area (Å²) in [5.41, 5.74) is 4.11. The second-order valence-electron chi connectivity index (χ2n) is 5.64. The molecule has 2 heteroatoms. The zero-order chi connectivity index (χ0) is 13.8. The summed E-state index contributed by atoms with van der Waals surface area (Å²) in [5.74, 6) is 0. The monoisotopic (exact) mass is 266 g/mol. The molecular formula is C18H22N2. The normalized spacial score (nSPS) is 19.9. The molecule has 0 bridgehead atoms. The van der Waals surface area contributed by atoms with Crippen LogP contribution in [0, 0.1) is 0 Å². The van der Waals surface area contributed by atoms with Gasteiger partial charge in [0.05, 0.1) is 5.69 Å². The van der Waals surface area contributed by atoms with E-state index in [0.29, 0.717) is 6.04 Å². The van der Waals surface area contributed by atoms with Crippen LogP contribution < -0.4 is 5.32 Å². The Morgan fingerprint density at radius 3 is 2.80 bits per heavy atom. The fraction of sp³-hybridized carbons (Fsp3) is 0.389. The van der Waals surface area contributed by atoms with Crippen molar-refractivity contribution < 1.29 is 0 Å². The first kappa shape index (κ1) is 13.3. The van der Waals surface area contributed by atoms with Crippen LogP contribution in [0.15, 0.2) is 48.7 Å². The Morgan fingerprint density at radius 2 is 1.95 bits per heavy atom. The van der Waals surface area contributed by atoms with Gasteiger partial charge in [-0.05, 0) is 49.4 Å². The third kappa shape index (κ3) is 2.91. The number of pyridine rings is 1. The van der Waals surface area contributed by atoms with Crippen molar-refractivity contribution in [2.45, 2.75) is 44.7 Å². The van der Waals surface area contributed by atoms with Crippen molar-refractivity contribution >= 4 is 0 Å². The van der Waals surface area contributed by atoms with E-state index in [9.17, 15) is 0 Å². The van der Waals surface area contributed by atoms with Gasteiger partial charge in [-0.25, -0.2) is 0 Å². The third-order valence-electron chi connectivity index (χ3n) is 4.20. The molecule has 1 N–H and O–H groups in total. The van der Waals surface area contributed by atoms with Crippen molar-refractivity contribution in [2.24, 2.45) is 0 Å². The number of nitrogens with zero attached hydrogens (tertiary/aromatic N) is 1. The lowest BCUT2D eigenvalue weighted by Crippen LogP contribution is -2.25. The topological polar surface area (TPSA) is 24.9 Å². The van der Waals surface area contributed by atoms with Gasteiger partial charge in [-0.2, -0.15) is 0 Å². The predicted octanol–water partition coefficient (Wildman–Crippen LogP) is 4.20. The fourth-order valence-electron chi connectivity index (χ4n) is 3.11. The summed E-state index contributed by atoms with van der Waals surface area (Å²) in [4.78, 5) is 4.46. The largest absolute Gasteiger partial charge is 0.302 e. The highest BCUT2D eigenvalue weighted by Gasteiger charge is 2.20. The van der Waals surface area contributed by atoms with Crippen LogP contribution in [0.3, 0.4) is 0 Å². The zero-order valence-electron chi connectivity index (χ0n) is 12.0. The minimum atomic E-state index is 0.285. The quantitative estimate of drug-likeness (QED) is 0.842. The number of rotatable bonds is 3. The number of aryl methyl sites for hydroxylation is 1. The molecule has 0 amide bonds. The molecule has 1 aliphatic rings. The number of fused-ring (bicyclic) bond motifs is 1. The van der Waals surface area contributed by atoms with E-state index < -0.39 is 0 Å². The summed E-state index contributed by atoms with van der Waals surface area (Å²) in [5, 5.41) is 3.77. The first-order valence-electron chi connectivity index (χ1n) is 7.59. The summed E-state index contributed by atoms with van der Waals surface area (Å²) in [6.45, 7) is 2.20. The number of hydrogen-bond donors (Lipinski definition) is 1. The molecule has 1 aliphatic carbocycles. The molecule has 0 aliphatic heterocycles. The average molecular weight is 266 g/mol. The van der Waals surface area contributed by atoms with Crippen LogP contribution in [0.5, 0.6) is 0 Å². The first-order valence-corrected chi connectivity index (χ1v) is 7.59. The molecule has 2 aromatic rings. The maximum atomic E-state index is 4.46. The lowest BCUT2D eigenvalue weighted by molar-refractivity contribution is 0.432. The first-order chi connectivity index (χ1) is 9.84. The summed E-state index contributed by atoms with van der Waals surface area (Å²) in [6.07, 6.45) is 6.89. The molecule has 2 atom stereocenters. The molecule has 104 valence electrons. The van der Waals surface area contributed by atoms with Gasteiger partial charge < -0.3 is 5.32 Å². The van der Waals surface area contributed by atoms with Gasteiger partial charge in [-0.15, -0.1) is 0 Å². The minimum Gasteiger partial charge on any atom is -0.302 e. The van der Waals surface area contributed by atoms with Gasteiger partial charge in [0.2, 0.25) is 0 Å². The average Bonchev–Trinajstić information content (AvgIpc) is 2.71. The van der Waals surface area contributed by atoms with Crippen LogP contribution >= 0.6 is 0 Å². The van der Waals surface area contributed by atoms with Crippen molar-refractivity contribution in [1.29, 1.82) is 0 Å². The Hall–Kier alpha value is -1.67. The van der Waals surface area contributed by atoms with Crippen molar-refractivity contribution in [3.05, 3.63) is 65.5 Å². The maximum absolute atomic E-state index is 4.46. The fourth-order valence-corrected chi connectivity index (χ4v) is 3.11. The van der Waals surface area contributed by atoms with Crippen LogP contribution in [0.1, 0.15) is 55.1 Å². The standard InChI is InChI=1S/C18H22N2/c1-14(17-11-6-7-13-19-17)20-18-12-5-3-9-15-8-2-4-10-16(15)18/h2,4,6-8,10-11,13-14,18,20H,3,5,9,12H2,1H3/t14-,18?/m0/s1. The van der Waals surface area contributed by atoms with Crippen LogP contribution in [-0.4, -0.2) is 4.98 Å². The Labute approximate surface area is 121 Å². The van der Waals surface area contributed by atoms with Crippen LogP contribution in [0.4, 0.5) is 0 Å².